The van der Waals surface area contributed by atoms with Crippen LogP contribution in [0.15, 0.2) is 36.8 Å². The second kappa shape index (κ2) is 8.39. The lowest BCUT2D eigenvalue weighted by atomic mass is 10.1. The van der Waals surface area contributed by atoms with E-state index in [1.54, 1.807) is 28.0 Å². The lowest BCUT2D eigenvalue weighted by molar-refractivity contribution is 0.0621. The molecule has 0 radical (unpaired) electrons. The van der Waals surface area contributed by atoms with E-state index in [1.165, 1.54) is 0 Å². The molecule has 26 heavy (non-hydrogen) atoms. The Labute approximate surface area is 162 Å². The van der Waals surface area contributed by atoms with Gasteiger partial charge in [0.05, 0.1) is 6.04 Å². The molecule has 0 bridgehead atoms. The van der Waals surface area contributed by atoms with E-state index in [9.17, 15) is 4.79 Å². The fraction of sp³-hybridized carbons (Fsp3) is 0.312. The quantitative estimate of drug-likeness (QED) is 0.706. The molecule has 0 spiro atoms. The molecule has 1 saturated heterocycles. The standard InChI is InChI=1S/C16H17N7O.2ClH/c1-11-4-6-19-16-20-14(21-23(11)16)15(24)22-8-7-18-10-13(22)12-3-2-5-17-9-12;;/h2-6,9,13,18H,7-8,10H2,1H3;2*1H. The third-order valence-corrected chi connectivity index (χ3v) is 4.19. The van der Waals surface area contributed by atoms with Crippen molar-refractivity contribution in [2.75, 3.05) is 19.6 Å². The molecule has 138 valence electrons. The van der Waals surface area contributed by atoms with Crippen molar-refractivity contribution in [3.8, 4) is 0 Å². The number of rotatable bonds is 2. The van der Waals surface area contributed by atoms with Gasteiger partial charge < -0.3 is 10.2 Å². The molecule has 1 atom stereocenters. The molecule has 3 aromatic heterocycles. The van der Waals surface area contributed by atoms with E-state index in [0.717, 1.165) is 17.8 Å². The zero-order valence-electron chi connectivity index (χ0n) is 14.1. The Morgan fingerprint density at radius 1 is 1.27 bits per heavy atom. The molecule has 0 aromatic carbocycles. The first kappa shape index (κ1) is 20.0. The van der Waals surface area contributed by atoms with Crippen molar-refractivity contribution in [3.63, 3.8) is 0 Å². The molecule has 1 unspecified atom stereocenters. The monoisotopic (exact) mass is 395 g/mol. The first-order valence-corrected chi connectivity index (χ1v) is 7.84. The number of halogens is 2. The lowest BCUT2D eigenvalue weighted by Crippen LogP contribution is -2.49. The van der Waals surface area contributed by atoms with E-state index in [0.29, 0.717) is 18.9 Å². The Hall–Kier alpha value is -2.29. The SMILES string of the molecule is Cc1ccnc2nc(C(=O)N3CCNCC3c3cccnc3)nn12.Cl.Cl. The number of nitrogens with one attached hydrogen (secondary N) is 1. The number of fused-ring (bicyclic) bond motifs is 1. The Bertz CT molecular complexity index is 887. The number of hydrogen-bond donors (Lipinski definition) is 1. The first-order valence-electron chi connectivity index (χ1n) is 7.84. The van der Waals surface area contributed by atoms with Gasteiger partial charge in [0.15, 0.2) is 0 Å². The van der Waals surface area contributed by atoms with Gasteiger partial charge in [0.25, 0.3) is 11.7 Å². The van der Waals surface area contributed by atoms with Crippen LogP contribution in [-0.2, 0) is 0 Å². The molecule has 4 heterocycles. The van der Waals surface area contributed by atoms with Crippen molar-refractivity contribution >= 4 is 36.5 Å². The fourth-order valence-corrected chi connectivity index (χ4v) is 2.94. The normalized spacial score (nSPS) is 16.7. The minimum Gasteiger partial charge on any atom is -0.326 e. The second-order valence-electron chi connectivity index (χ2n) is 5.74. The van der Waals surface area contributed by atoms with E-state index < -0.39 is 0 Å². The van der Waals surface area contributed by atoms with Gasteiger partial charge in [-0.3, -0.25) is 9.78 Å². The third kappa shape index (κ3) is 3.62. The summed E-state index contributed by atoms with van der Waals surface area (Å²) in [5, 5.41) is 7.66. The molecule has 1 N–H and O–H groups in total. The highest BCUT2D eigenvalue weighted by Crippen LogP contribution is 2.23. The molecule has 1 aliphatic rings. The molecule has 10 heteroatoms. The van der Waals surface area contributed by atoms with E-state index >= 15 is 0 Å². The highest BCUT2D eigenvalue weighted by Gasteiger charge is 2.31. The highest BCUT2D eigenvalue weighted by atomic mass is 35.5. The van der Waals surface area contributed by atoms with Crippen molar-refractivity contribution in [1.29, 1.82) is 0 Å². The Morgan fingerprint density at radius 3 is 2.85 bits per heavy atom. The van der Waals surface area contributed by atoms with Crippen LogP contribution in [0.1, 0.15) is 27.9 Å². The molecule has 0 saturated carbocycles. The van der Waals surface area contributed by atoms with Gasteiger partial charge in [0, 0.05) is 43.9 Å². The first-order chi connectivity index (χ1) is 11.7. The number of amides is 1. The minimum atomic E-state index is -0.185. The maximum atomic E-state index is 13.0. The van der Waals surface area contributed by atoms with Crippen molar-refractivity contribution in [2.24, 2.45) is 0 Å². The predicted octanol–water partition coefficient (Wildman–Crippen LogP) is 1.46. The fourth-order valence-electron chi connectivity index (χ4n) is 2.94. The van der Waals surface area contributed by atoms with Crippen LogP contribution in [-0.4, -0.2) is 55.0 Å². The third-order valence-electron chi connectivity index (χ3n) is 4.19. The summed E-state index contributed by atoms with van der Waals surface area (Å²) in [7, 11) is 0. The Kier molecular flexibility index (Phi) is 6.47. The number of aryl methyl sites for hydroxylation is 1. The van der Waals surface area contributed by atoms with E-state index in [-0.39, 0.29) is 42.6 Å². The number of aromatic nitrogens is 5. The second-order valence-corrected chi connectivity index (χ2v) is 5.74. The smallest absolute Gasteiger partial charge is 0.294 e. The van der Waals surface area contributed by atoms with E-state index in [2.05, 4.69) is 25.4 Å². The topological polar surface area (TPSA) is 88.3 Å². The number of piperazine rings is 1. The molecule has 0 aliphatic carbocycles. The molecule has 4 rings (SSSR count). The van der Waals surface area contributed by atoms with Gasteiger partial charge in [-0.25, -0.2) is 9.50 Å². The van der Waals surface area contributed by atoms with Gasteiger partial charge in [-0.1, -0.05) is 6.07 Å². The molecule has 3 aromatic rings. The van der Waals surface area contributed by atoms with Crippen LogP contribution in [0, 0.1) is 6.92 Å². The van der Waals surface area contributed by atoms with E-state index in [1.807, 2.05) is 25.1 Å². The average molecular weight is 396 g/mol. The number of hydrogen-bond acceptors (Lipinski definition) is 6. The summed E-state index contributed by atoms with van der Waals surface area (Å²) in [6.07, 6.45) is 5.18. The summed E-state index contributed by atoms with van der Waals surface area (Å²) in [6, 6.07) is 5.61. The Balaban J connectivity index is 0.00000121. The minimum absolute atomic E-state index is 0. The average Bonchev–Trinajstić information content (AvgIpc) is 3.08. The van der Waals surface area contributed by atoms with E-state index in [4.69, 9.17) is 0 Å². The van der Waals surface area contributed by atoms with Crippen molar-refractivity contribution in [1.82, 2.24) is 34.8 Å². The summed E-state index contributed by atoms with van der Waals surface area (Å²) in [5.41, 5.74) is 1.88. The summed E-state index contributed by atoms with van der Waals surface area (Å²) in [4.78, 5) is 27.4. The number of carbonyl (C=O) groups excluding carboxylic acids is 1. The van der Waals surface area contributed by atoms with Gasteiger partial charge in [-0.05, 0) is 24.6 Å². The maximum Gasteiger partial charge on any atom is 0.294 e. The molecule has 1 fully saturated rings. The highest BCUT2D eigenvalue weighted by molar-refractivity contribution is 5.91. The number of pyridine rings is 1. The van der Waals surface area contributed by atoms with Crippen LogP contribution in [0.3, 0.4) is 0 Å². The van der Waals surface area contributed by atoms with Crippen LogP contribution < -0.4 is 5.32 Å². The van der Waals surface area contributed by atoms with Crippen molar-refractivity contribution < 1.29 is 4.79 Å². The summed E-state index contributed by atoms with van der Waals surface area (Å²) in [5.74, 6) is 0.425. The van der Waals surface area contributed by atoms with Crippen molar-refractivity contribution in [3.05, 3.63) is 53.9 Å². The predicted molar refractivity (Wildman–Crippen MR) is 101 cm³/mol. The molecular weight excluding hydrogens is 377 g/mol. The van der Waals surface area contributed by atoms with Crippen LogP contribution in [0.4, 0.5) is 0 Å². The molecule has 1 aliphatic heterocycles. The van der Waals surface area contributed by atoms with Gasteiger partial charge in [-0.15, -0.1) is 29.9 Å². The van der Waals surface area contributed by atoms with Crippen LogP contribution in [0.25, 0.3) is 5.78 Å². The zero-order chi connectivity index (χ0) is 16.5. The summed E-state index contributed by atoms with van der Waals surface area (Å²) in [6.45, 7) is 3.93. The van der Waals surface area contributed by atoms with Gasteiger partial charge >= 0.3 is 0 Å². The molecule has 8 nitrogen and oxygen atoms in total. The summed E-state index contributed by atoms with van der Waals surface area (Å²) >= 11 is 0. The van der Waals surface area contributed by atoms with Gasteiger partial charge in [0.2, 0.25) is 5.82 Å². The van der Waals surface area contributed by atoms with Crippen LogP contribution >= 0.6 is 24.8 Å². The van der Waals surface area contributed by atoms with Crippen LogP contribution in [0.2, 0.25) is 0 Å². The van der Waals surface area contributed by atoms with Crippen molar-refractivity contribution in [2.45, 2.75) is 13.0 Å². The summed E-state index contributed by atoms with van der Waals surface area (Å²) < 4.78 is 1.59. The Morgan fingerprint density at radius 2 is 2.12 bits per heavy atom. The lowest BCUT2D eigenvalue weighted by Gasteiger charge is -2.35. The largest absolute Gasteiger partial charge is 0.326 e. The number of nitrogens with zero attached hydrogens (tertiary/aromatic N) is 6. The number of carbonyl (C=O) groups is 1. The zero-order valence-corrected chi connectivity index (χ0v) is 15.7. The molecule has 1 amide bonds. The van der Waals surface area contributed by atoms with Crippen LogP contribution in [0.5, 0.6) is 0 Å². The van der Waals surface area contributed by atoms with Gasteiger partial charge in [-0.2, -0.15) is 4.98 Å². The van der Waals surface area contributed by atoms with Gasteiger partial charge in [0.1, 0.15) is 0 Å². The maximum absolute atomic E-state index is 13.0. The molecular formula is C16H19Cl2N7O.